The molecule has 0 unspecified atom stereocenters. The van der Waals surface area contributed by atoms with E-state index in [2.05, 4.69) is 19.8 Å². The van der Waals surface area contributed by atoms with E-state index in [9.17, 15) is 8.42 Å². The van der Waals surface area contributed by atoms with Crippen LogP contribution in [0.5, 0.6) is 0 Å². The van der Waals surface area contributed by atoms with Crippen molar-refractivity contribution in [2.75, 3.05) is 19.3 Å². The first kappa shape index (κ1) is 15.4. The molecule has 8 heteroatoms. The Kier molecular flexibility index (Phi) is 5.11. The van der Waals surface area contributed by atoms with Gasteiger partial charge in [-0.05, 0) is 32.7 Å². The molecular formula is C12H22N4O3S. The number of piperidine rings is 1. The predicted octanol–water partition coefficient (Wildman–Crippen LogP) is 0.672. The molecule has 0 amide bonds. The minimum absolute atomic E-state index is 0.366. The standard InChI is InChI=1S/C12H22N4O3S/c1-10-14-12(19-15-10)9-16-8-4-3-5-11(16)6-7-13-20(2,17)18/h11,13H,3-9H2,1-2H3/t11-/m0/s1. The number of nitrogens with one attached hydrogen (secondary N) is 1. The van der Waals surface area contributed by atoms with Crippen molar-refractivity contribution in [3.05, 3.63) is 11.7 Å². The van der Waals surface area contributed by atoms with Crippen molar-refractivity contribution in [2.45, 2.75) is 45.2 Å². The van der Waals surface area contributed by atoms with Crippen molar-refractivity contribution in [2.24, 2.45) is 0 Å². The van der Waals surface area contributed by atoms with Gasteiger partial charge in [0.2, 0.25) is 15.9 Å². The van der Waals surface area contributed by atoms with E-state index in [1.807, 2.05) is 0 Å². The molecule has 0 radical (unpaired) electrons. The molecule has 7 nitrogen and oxygen atoms in total. The van der Waals surface area contributed by atoms with Gasteiger partial charge in [-0.25, -0.2) is 13.1 Å². The van der Waals surface area contributed by atoms with Crippen molar-refractivity contribution in [1.29, 1.82) is 0 Å². The van der Waals surface area contributed by atoms with Crippen LogP contribution in [-0.2, 0) is 16.6 Å². The highest BCUT2D eigenvalue weighted by Gasteiger charge is 2.24. The second-order valence-corrected chi connectivity index (χ2v) is 7.14. The Balaban J connectivity index is 1.88. The molecule has 1 fully saturated rings. The van der Waals surface area contributed by atoms with Gasteiger partial charge >= 0.3 is 0 Å². The Morgan fingerprint density at radius 3 is 2.90 bits per heavy atom. The maximum atomic E-state index is 11.1. The molecule has 2 heterocycles. The van der Waals surface area contributed by atoms with Gasteiger partial charge in [0.25, 0.3) is 0 Å². The van der Waals surface area contributed by atoms with Crippen molar-refractivity contribution >= 4 is 10.0 Å². The van der Waals surface area contributed by atoms with E-state index in [0.29, 0.717) is 30.8 Å². The molecule has 1 N–H and O–H groups in total. The summed E-state index contributed by atoms with van der Waals surface area (Å²) in [6, 6.07) is 0.366. The van der Waals surface area contributed by atoms with Gasteiger partial charge in [-0.2, -0.15) is 4.98 Å². The monoisotopic (exact) mass is 302 g/mol. The van der Waals surface area contributed by atoms with Gasteiger partial charge in [-0.15, -0.1) is 0 Å². The maximum absolute atomic E-state index is 11.1. The molecule has 0 saturated carbocycles. The van der Waals surface area contributed by atoms with E-state index in [0.717, 1.165) is 25.8 Å². The number of nitrogens with zero attached hydrogens (tertiary/aromatic N) is 3. The van der Waals surface area contributed by atoms with Crippen molar-refractivity contribution in [3.8, 4) is 0 Å². The molecule has 1 aliphatic rings. The van der Waals surface area contributed by atoms with Crippen LogP contribution in [0.2, 0.25) is 0 Å². The Hall–Kier alpha value is -0.990. The van der Waals surface area contributed by atoms with Gasteiger partial charge in [0, 0.05) is 12.6 Å². The summed E-state index contributed by atoms with van der Waals surface area (Å²) in [6.07, 6.45) is 5.41. The summed E-state index contributed by atoms with van der Waals surface area (Å²) in [5.41, 5.74) is 0. The topological polar surface area (TPSA) is 88.3 Å². The Bertz CT molecular complexity index is 529. The lowest BCUT2D eigenvalue weighted by atomic mass is 9.99. The summed E-state index contributed by atoms with van der Waals surface area (Å²) < 4.78 is 29.9. The molecular weight excluding hydrogens is 280 g/mol. The lowest BCUT2D eigenvalue weighted by Gasteiger charge is -2.34. The molecule has 0 spiro atoms. The van der Waals surface area contributed by atoms with Gasteiger partial charge in [0.05, 0.1) is 12.8 Å². The SMILES string of the molecule is Cc1noc(CN2CCCC[C@H]2CCNS(C)(=O)=O)n1. The average Bonchev–Trinajstić information content (AvgIpc) is 2.75. The normalized spacial score (nSPS) is 21.2. The van der Waals surface area contributed by atoms with E-state index in [4.69, 9.17) is 4.52 Å². The van der Waals surface area contributed by atoms with Crippen LogP contribution in [-0.4, -0.2) is 48.8 Å². The van der Waals surface area contributed by atoms with Gasteiger partial charge < -0.3 is 4.52 Å². The fourth-order valence-electron chi connectivity index (χ4n) is 2.58. The predicted molar refractivity (Wildman–Crippen MR) is 74.5 cm³/mol. The van der Waals surface area contributed by atoms with Crippen molar-refractivity contribution in [1.82, 2.24) is 19.8 Å². The van der Waals surface area contributed by atoms with E-state index in [-0.39, 0.29) is 0 Å². The van der Waals surface area contributed by atoms with Gasteiger partial charge in [-0.1, -0.05) is 11.6 Å². The van der Waals surface area contributed by atoms with E-state index < -0.39 is 10.0 Å². The maximum Gasteiger partial charge on any atom is 0.240 e. The van der Waals surface area contributed by atoms with Crippen LogP contribution in [0.3, 0.4) is 0 Å². The zero-order valence-corrected chi connectivity index (χ0v) is 12.8. The highest BCUT2D eigenvalue weighted by Crippen LogP contribution is 2.21. The second-order valence-electron chi connectivity index (χ2n) is 5.31. The summed E-state index contributed by atoms with van der Waals surface area (Å²) in [7, 11) is -3.11. The zero-order valence-electron chi connectivity index (χ0n) is 12.0. The minimum Gasteiger partial charge on any atom is -0.338 e. The second kappa shape index (κ2) is 6.64. The number of likely N-dealkylation sites (tertiary alicyclic amines) is 1. The molecule has 1 atom stereocenters. The first-order valence-electron chi connectivity index (χ1n) is 6.92. The molecule has 2 rings (SSSR count). The number of hydrogen-bond donors (Lipinski definition) is 1. The summed E-state index contributed by atoms with van der Waals surface area (Å²) >= 11 is 0. The first-order chi connectivity index (χ1) is 9.44. The molecule has 0 aromatic carbocycles. The van der Waals surface area contributed by atoms with E-state index in [1.165, 1.54) is 12.7 Å². The van der Waals surface area contributed by atoms with Gasteiger partial charge in [0.15, 0.2) is 5.82 Å². The van der Waals surface area contributed by atoms with Crippen LogP contribution in [0, 0.1) is 6.92 Å². The number of rotatable bonds is 6. The van der Waals surface area contributed by atoms with Crippen LogP contribution >= 0.6 is 0 Å². The van der Waals surface area contributed by atoms with Crippen LogP contribution < -0.4 is 4.72 Å². The van der Waals surface area contributed by atoms with E-state index in [1.54, 1.807) is 6.92 Å². The summed E-state index contributed by atoms with van der Waals surface area (Å²) in [6.45, 7) is 3.91. The third kappa shape index (κ3) is 4.84. The fraction of sp³-hybridized carbons (Fsp3) is 0.833. The average molecular weight is 302 g/mol. The summed E-state index contributed by atoms with van der Waals surface area (Å²) in [5.74, 6) is 1.28. The van der Waals surface area contributed by atoms with Crippen molar-refractivity contribution in [3.63, 3.8) is 0 Å². The Morgan fingerprint density at radius 1 is 1.45 bits per heavy atom. The molecule has 1 aromatic rings. The highest BCUT2D eigenvalue weighted by molar-refractivity contribution is 7.88. The minimum atomic E-state index is -3.11. The largest absolute Gasteiger partial charge is 0.338 e. The number of hydrogen-bond acceptors (Lipinski definition) is 6. The fourth-order valence-corrected chi connectivity index (χ4v) is 3.07. The Labute approximate surface area is 119 Å². The van der Waals surface area contributed by atoms with Crippen LogP contribution in [0.25, 0.3) is 0 Å². The lowest BCUT2D eigenvalue weighted by Crippen LogP contribution is -2.41. The lowest BCUT2D eigenvalue weighted by molar-refractivity contribution is 0.118. The van der Waals surface area contributed by atoms with Crippen LogP contribution in [0.1, 0.15) is 37.4 Å². The Morgan fingerprint density at radius 2 is 2.25 bits per heavy atom. The summed E-state index contributed by atoms with van der Waals surface area (Å²) in [5, 5.41) is 3.80. The first-order valence-corrected chi connectivity index (χ1v) is 8.81. The van der Waals surface area contributed by atoms with Crippen LogP contribution in [0.15, 0.2) is 4.52 Å². The molecule has 1 saturated heterocycles. The smallest absolute Gasteiger partial charge is 0.240 e. The molecule has 0 bridgehead atoms. The molecule has 1 aliphatic heterocycles. The third-order valence-corrected chi connectivity index (χ3v) is 4.23. The molecule has 20 heavy (non-hydrogen) atoms. The third-order valence-electron chi connectivity index (χ3n) is 3.50. The highest BCUT2D eigenvalue weighted by atomic mass is 32.2. The number of aryl methyl sites for hydroxylation is 1. The van der Waals surface area contributed by atoms with Gasteiger partial charge in [-0.3, -0.25) is 4.90 Å². The molecule has 114 valence electrons. The van der Waals surface area contributed by atoms with E-state index >= 15 is 0 Å². The quantitative estimate of drug-likeness (QED) is 0.831. The van der Waals surface area contributed by atoms with Crippen molar-refractivity contribution < 1.29 is 12.9 Å². The van der Waals surface area contributed by atoms with Crippen LogP contribution in [0.4, 0.5) is 0 Å². The zero-order chi connectivity index (χ0) is 14.6. The molecule has 0 aliphatic carbocycles. The number of aromatic nitrogens is 2. The summed E-state index contributed by atoms with van der Waals surface area (Å²) in [4.78, 5) is 6.53. The van der Waals surface area contributed by atoms with Gasteiger partial charge in [0.1, 0.15) is 0 Å². The number of sulfonamides is 1. The molecule has 1 aromatic heterocycles.